The van der Waals surface area contributed by atoms with Gasteiger partial charge in [-0.2, -0.15) is 5.10 Å². The van der Waals surface area contributed by atoms with E-state index in [1.807, 2.05) is 85.7 Å². The van der Waals surface area contributed by atoms with E-state index in [1.165, 1.54) is 0 Å². The van der Waals surface area contributed by atoms with E-state index in [4.69, 9.17) is 4.74 Å². The molecular formula is C21H21N3O2. The Morgan fingerprint density at radius 2 is 1.77 bits per heavy atom. The van der Waals surface area contributed by atoms with Gasteiger partial charge in [0.25, 0.3) is 5.91 Å². The molecule has 0 saturated carbocycles. The highest BCUT2D eigenvalue weighted by atomic mass is 16.5. The van der Waals surface area contributed by atoms with Gasteiger partial charge in [0.2, 0.25) is 0 Å². The lowest BCUT2D eigenvalue weighted by atomic mass is 10.1. The number of hydrogen-bond acceptors (Lipinski definition) is 4. The topological polar surface area (TPSA) is 53.9 Å². The number of carbonyl (C=O) groups is 1. The lowest BCUT2D eigenvalue weighted by Gasteiger charge is -2.11. The van der Waals surface area contributed by atoms with E-state index in [0.29, 0.717) is 5.75 Å². The molecule has 1 N–H and O–H groups in total. The first kappa shape index (κ1) is 17.5. The Morgan fingerprint density at radius 1 is 1.04 bits per heavy atom. The van der Waals surface area contributed by atoms with Gasteiger partial charge in [0.15, 0.2) is 6.61 Å². The minimum absolute atomic E-state index is 0.0880. The summed E-state index contributed by atoms with van der Waals surface area (Å²) in [6.45, 7) is -0.0880. The standard InChI is InChI=1S/C21H21N3O2/c1-24(2)19-10-7-16(8-11-19)14-22-23-21(25)15-26-20-12-9-17-5-3-4-6-18(17)13-20/h3-14H,15H2,1-2H3,(H,23,25). The lowest BCUT2D eigenvalue weighted by molar-refractivity contribution is -0.123. The second-order valence-corrected chi connectivity index (χ2v) is 6.08. The van der Waals surface area contributed by atoms with Gasteiger partial charge in [0.1, 0.15) is 5.75 Å². The smallest absolute Gasteiger partial charge is 0.277 e. The third kappa shape index (κ3) is 4.60. The summed E-state index contributed by atoms with van der Waals surface area (Å²) in [7, 11) is 3.97. The van der Waals surface area contributed by atoms with Gasteiger partial charge in [0.05, 0.1) is 6.21 Å². The molecule has 0 aliphatic rings. The maximum atomic E-state index is 11.9. The van der Waals surface area contributed by atoms with Gasteiger partial charge in [-0.05, 0) is 40.6 Å². The molecule has 26 heavy (non-hydrogen) atoms. The SMILES string of the molecule is CN(C)c1ccc(C=NNC(=O)COc2ccc3ccccc3c2)cc1. The Balaban J connectivity index is 1.50. The van der Waals surface area contributed by atoms with Gasteiger partial charge in [-0.15, -0.1) is 0 Å². The zero-order valence-corrected chi connectivity index (χ0v) is 14.8. The van der Waals surface area contributed by atoms with Crippen LogP contribution < -0.4 is 15.1 Å². The molecule has 0 radical (unpaired) electrons. The molecule has 3 aromatic carbocycles. The van der Waals surface area contributed by atoms with Gasteiger partial charge < -0.3 is 9.64 Å². The number of amides is 1. The van der Waals surface area contributed by atoms with Gasteiger partial charge in [-0.1, -0.05) is 42.5 Å². The number of hydrogen-bond donors (Lipinski definition) is 1. The second kappa shape index (κ2) is 8.16. The Bertz CT molecular complexity index is 918. The Kier molecular flexibility index (Phi) is 5.49. The molecule has 0 aliphatic carbocycles. The fourth-order valence-corrected chi connectivity index (χ4v) is 2.48. The first-order valence-corrected chi connectivity index (χ1v) is 8.33. The van der Waals surface area contributed by atoms with E-state index in [-0.39, 0.29) is 12.5 Å². The summed E-state index contributed by atoms with van der Waals surface area (Å²) in [4.78, 5) is 13.9. The highest BCUT2D eigenvalue weighted by Gasteiger charge is 2.02. The summed E-state index contributed by atoms with van der Waals surface area (Å²) in [5.74, 6) is 0.349. The van der Waals surface area contributed by atoms with E-state index in [9.17, 15) is 4.79 Å². The molecule has 5 heteroatoms. The summed E-state index contributed by atoms with van der Waals surface area (Å²) < 4.78 is 5.53. The van der Waals surface area contributed by atoms with E-state index in [1.54, 1.807) is 6.21 Å². The highest BCUT2D eigenvalue weighted by molar-refractivity contribution is 5.85. The van der Waals surface area contributed by atoms with Gasteiger partial charge in [0, 0.05) is 19.8 Å². The predicted molar refractivity (Wildman–Crippen MR) is 106 cm³/mol. The van der Waals surface area contributed by atoms with Crippen LogP contribution in [-0.4, -0.2) is 32.8 Å². The maximum absolute atomic E-state index is 11.9. The number of fused-ring (bicyclic) bond motifs is 1. The minimum Gasteiger partial charge on any atom is -0.484 e. The molecule has 0 unspecified atom stereocenters. The zero-order valence-electron chi connectivity index (χ0n) is 14.8. The highest BCUT2D eigenvalue weighted by Crippen LogP contribution is 2.20. The molecule has 3 aromatic rings. The lowest BCUT2D eigenvalue weighted by Crippen LogP contribution is -2.24. The Labute approximate surface area is 152 Å². The molecule has 0 aromatic heterocycles. The third-order valence-corrected chi connectivity index (χ3v) is 3.90. The van der Waals surface area contributed by atoms with Crippen LogP contribution in [0.5, 0.6) is 5.75 Å². The maximum Gasteiger partial charge on any atom is 0.277 e. The van der Waals surface area contributed by atoms with Gasteiger partial charge in [-0.25, -0.2) is 5.43 Å². The molecule has 0 aliphatic heterocycles. The van der Waals surface area contributed by atoms with Crippen molar-refractivity contribution in [3.8, 4) is 5.75 Å². The van der Waals surface area contributed by atoms with E-state index in [0.717, 1.165) is 22.0 Å². The van der Waals surface area contributed by atoms with Gasteiger partial charge >= 0.3 is 0 Å². The number of anilines is 1. The van der Waals surface area contributed by atoms with Crippen molar-refractivity contribution in [1.29, 1.82) is 0 Å². The average molecular weight is 347 g/mol. The van der Waals surface area contributed by atoms with Crippen molar-refractivity contribution in [1.82, 2.24) is 5.43 Å². The van der Waals surface area contributed by atoms with E-state index < -0.39 is 0 Å². The second-order valence-electron chi connectivity index (χ2n) is 6.08. The van der Waals surface area contributed by atoms with E-state index >= 15 is 0 Å². The van der Waals surface area contributed by atoms with Crippen LogP contribution in [0, 0.1) is 0 Å². The first-order valence-electron chi connectivity index (χ1n) is 8.33. The number of nitrogens with zero attached hydrogens (tertiary/aromatic N) is 2. The van der Waals surface area contributed by atoms with Crippen molar-refractivity contribution in [3.63, 3.8) is 0 Å². The summed E-state index contributed by atoms with van der Waals surface area (Å²) in [6.07, 6.45) is 1.60. The van der Waals surface area contributed by atoms with Crippen molar-refractivity contribution in [3.05, 3.63) is 72.3 Å². The van der Waals surface area contributed by atoms with Crippen LogP contribution in [0.25, 0.3) is 10.8 Å². The number of ether oxygens (including phenoxy) is 1. The summed E-state index contributed by atoms with van der Waals surface area (Å²) in [5.41, 5.74) is 4.49. The number of rotatable bonds is 6. The minimum atomic E-state index is -0.306. The van der Waals surface area contributed by atoms with Crippen molar-refractivity contribution in [2.75, 3.05) is 25.6 Å². The molecule has 132 valence electrons. The van der Waals surface area contributed by atoms with Crippen LogP contribution in [0.3, 0.4) is 0 Å². The number of carbonyl (C=O) groups excluding carboxylic acids is 1. The average Bonchev–Trinajstić information content (AvgIpc) is 2.66. The number of hydrazone groups is 1. The van der Waals surface area contributed by atoms with Crippen LogP contribution >= 0.6 is 0 Å². The van der Waals surface area contributed by atoms with Crippen LogP contribution in [0.1, 0.15) is 5.56 Å². The normalized spacial score (nSPS) is 10.8. The van der Waals surface area contributed by atoms with Crippen LogP contribution in [-0.2, 0) is 4.79 Å². The molecule has 0 saturated heterocycles. The largest absolute Gasteiger partial charge is 0.484 e. The van der Waals surface area contributed by atoms with Crippen molar-refractivity contribution < 1.29 is 9.53 Å². The number of benzene rings is 3. The molecule has 0 atom stereocenters. The van der Waals surface area contributed by atoms with Crippen LogP contribution in [0.4, 0.5) is 5.69 Å². The molecular weight excluding hydrogens is 326 g/mol. The first-order chi connectivity index (χ1) is 12.6. The fraction of sp³-hybridized carbons (Fsp3) is 0.143. The molecule has 0 fully saturated rings. The van der Waals surface area contributed by atoms with Gasteiger partial charge in [-0.3, -0.25) is 4.79 Å². The molecule has 5 nitrogen and oxygen atoms in total. The van der Waals surface area contributed by atoms with Crippen LogP contribution in [0.15, 0.2) is 71.8 Å². The van der Waals surface area contributed by atoms with Crippen molar-refractivity contribution in [2.24, 2.45) is 5.10 Å². The summed E-state index contributed by atoms with van der Waals surface area (Å²) >= 11 is 0. The number of nitrogens with one attached hydrogen (secondary N) is 1. The summed E-state index contributed by atoms with van der Waals surface area (Å²) in [6, 6.07) is 21.6. The molecule has 0 bridgehead atoms. The Hall–Kier alpha value is -3.34. The monoisotopic (exact) mass is 347 g/mol. The fourth-order valence-electron chi connectivity index (χ4n) is 2.48. The molecule has 0 heterocycles. The third-order valence-electron chi connectivity index (χ3n) is 3.90. The summed E-state index contributed by atoms with van der Waals surface area (Å²) in [5, 5.41) is 6.17. The molecule has 3 rings (SSSR count). The van der Waals surface area contributed by atoms with Crippen LogP contribution in [0.2, 0.25) is 0 Å². The van der Waals surface area contributed by atoms with Crippen molar-refractivity contribution >= 4 is 28.6 Å². The molecule has 0 spiro atoms. The zero-order chi connectivity index (χ0) is 18.4. The molecule has 1 amide bonds. The van der Waals surface area contributed by atoms with Crippen molar-refractivity contribution in [2.45, 2.75) is 0 Å². The Morgan fingerprint density at radius 3 is 2.50 bits per heavy atom. The quantitative estimate of drug-likeness (QED) is 0.549. The predicted octanol–water partition coefficient (Wildman–Crippen LogP) is 3.43. The van der Waals surface area contributed by atoms with E-state index in [2.05, 4.69) is 10.5 Å².